The molecule has 4 nitrogen and oxygen atoms in total. The van der Waals surface area contributed by atoms with Crippen LogP contribution in [0.2, 0.25) is 0 Å². The Hall–Kier alpha value is -0.820. The molecule has 0 bridgehead atoms. The van der Waals surface area contributed by atoms with Crippen molar-refractivity contribution >= 4 is 16.7 Å². The van der Waals surface area contributed by atoms with Crippen molar-refractivity contribution in [3.05, 3.63) is 5.82 Å². The maximum absolute atomic E-state index is 11.7. The lowest BCUT2D eigenvalue weighted by molar-refractivity contribution is 0.0183. The van der Waals surface area contributed by atoms with Gasteiger partial charge in [0, 0.05) is 24.5 Å². The molecule has 0 aliphatic rings. The van der Waals surface area contributed by atoms with Crippen molar-refractivity contribution in [2.45, 2.75) is 19.8 Å². The van der Waals surface area contributed by atoms with Crippen molar-refractivity contribution in [2.75, 3.05) is 25.1 Å². The molecule has 0 aliphatic carbocycles. The highest BCUT2D eigenvalue weighted by Gasteiger charge is 2.05. The van der Waals surface area contributed by atoms with Crippen LogP contribution in [-0.4, -0.2) is 35.5 Å². The van der Waals surface area contributed by atoms with Crippen molar-refractivity contribution in [1.82, 2.24) is 9.36 Å². The zero-order chi connectivity index (χ0) is 11.1. The molecular formula is C8H13F2N3OS. The Labute approximate surface area is 90.8 Å². The third kappa shape index (κ3) is 4.98. The first-order valence-electron chi connectivity index (χ1n) is 4.64. The van der Waals surface area contributed by atoms with Crippen LogP contribution in [0.1, 0.15) is 12.7 Å². The van der Waals surface area contributed by atoms with Gasteiger partial charge in [-0.15, -0.1) is 0 Å². The summed E-state index contributed by atoms with van der Waals surface area (Å²) in [4.78, 5) is 4.15. The smallest absolute Gasteiger partial charge is 0.261 e. The summed E-state index contributed by atoms with van der Waals surface area (Å²) in [7, 11) is 0. The van der Waals surface area contributed by atoms with E-state index in [1.54, 1.807) is 0 Å². The lowest BCUT2D eigenvalue weighted by Crippen LogP contribution is -2.07. The van der Waals surface area contributed by atoms with Gasteiger partial charge in [-0.25, -0.2) is 13.8 Å². The highest BCUT2D eigenvalue weighted by molar-refractivity contribution is 7.09. The molecule has 0 amide bonds. The second kappa shape index (κ2) is 6.62. The molecule has 0 saturated carbocycles. The van der Waals surface area contributed by atoms with E-state index >= 15 is 0 Å². The number of rotatable bonds is 7. The van der Waals surface area contributed by atoms with Crippen molar-refractivity contribution in [1.29, 1.82) is 0 Å². The zero-order valence-electron chi connectivity index (χ0n) is 8.37. The number of alkyl halides is 2. The predicted molar refractivity (Wildman–Crippen MR) is 54.6 cm³/mol. The molecule has 0 atom stereocenters. The Kier molecular flexibility index (Phi) is 5.41. The predicted octanol–water partition coefficient (Wildman–Crippen LogP) is 1.79. The summed E-state index contributed by atoms with van der Waals surface area (Å²) >= 11 is 1.26. The van der Waals surface area contributed by atoms with Gasteiger partial charge in [0.1, 0.15) is 12.4 Å². The van der Waals surface area contributed by atoms with Crippen molar-refractivity contribution < 1.29 is 13.5 Å². The number of aromatic nitrogens is 2. The van der Waals surface area contributed by atoms with Crippen LogP contribution in [0, 0.1) is 0 Å². The number of anilines is 1. The molecule has 0 radical (unpaired) electrons. The third-order valence-electron chi connectivity index (χ3n) is 1.51. The second-order valence-corrected chi connectivity index (χ2v) is 3.51. The summed E-state index contributed by atoms with van der Waals surface area (Å²) in [5.41, 5.74) is 0. The van der Waals surface area contributed by atoms with Crippen LogP contribution in [-0.2, 0) is 11.2 Å². The van der Waals surface area contributed by atoms with Gasteiger partial charge in [0.05, 0.1) is 6.61 Å². The molecule has 1 N–H and O–H groups in total. The van der Waals surface area contributed by atoms with Gasteiger partial charge in [0.25, 0.3) is 6.43 Å². The van der Waals surface area contributed by atoms with Crippen LogP contribution in [0.25, 0.3) is 0 Å². The van der Waals surface area contributed by atoms with Gasteiger partial charge >= 0.3 is 0 Å². The minimum Gasteiger partial charge on any atom is -0.375 e. The van der Waals surface area contributed by atoms with Crippen molar-refractivity contribution in [3.8, 4) is 0 Å². The summed E-state index contributed by atoms with van der Waals surface area (Å²) in [5.74, 6) is 0.630. The molecule has 0 aromatic carbocycles. The fourth-order valence-corrected chi connectivity index (χ4v) is 1.59. The highest BCUT2D eigenvalue weighted by atomic mass is 32.1. The largest absolute Gasteiger partial charge is 0.375 e. The number of halogens is 2. The van der Waals surface area contributed by atoms with Gasteiger partial charge in [-0.3, -0.25) is 0 Å². The van der Waals surface area contributed by atoms with E-state index in [9.17, 15) is 8.78 Å². The molecule has 7 heteroatoms. The molecule has 1 aromatic heterocycles. The van der Waals surface area contributed by atoms with E-state index in [0.717, 1.165) is 11.7 Å². The minimum atomic E-state index is -2.41. The third-order valence-corrected chi connectivity index (χ3v) is 2.22. The molecular weight excluding hydrogens is 224 g/mol. The first-order chi connectivity index (χ1) is 7.22. The van der Waals surface area contributed by atoms with E-state index in [1.165, 1.54) is 11.5 Å². The Morgan fingerprint density at radius 2 is 2.33 bits per heavy atom. The van der Waals surface area contributed by atoms with Gasteiger partial charge < -0.3 is 10.1 Å². The zero-order valence-corrected chi connectivity index (χ0v) is 9.19. The number of nitrogens with one attached hydrogen (secondary N) is 1. The van der Waals surface area contributed by atoms with Crippen LogP contribution in [0.3, 0.4) is 0 Å². The van der Waals surface area contributed by atoms with Crippen molar-refractivity contribution in [2.24, 2.45) is 0 Å². The SMILES string of the molecule is CCNc1nc(CCOCC(F)F)ns1. The average Bonchev–Trinajstić information content (AvgIpc) is 2.61. The van der Waals surface area contributed by atoms with Crippen LogP contribution >= 0.6 is 11.5 Å². The summed E-state index contributed by atoms with van der Waals surface area (Å²) in [5, 5.41) is 3.77. The standard InChI is InChI=1S/C8H13F2N3OS/c1-2-11-8-12-7(13-15-8)3-4-14-5-6(9)10/h6H,2-5H2,1H3,(H,11,12,13). The lowest BCUT2D eigenvalue weighted by atomic mass is 10.4. The van der Waals surface area contributed by atoms with E-state index in [4.69, 9.17) is 4.74 Å². The van der Waals surface area contributed by atoms with Gasteiger partial charge in [0.15, 0.2) is 0 Å². The van der Waals surface area contributed by atoms with E-state index in [2.05, 4.69) is 14.7 Å². The summed E-state index contributed by atoms with van der Waals surface area (Å²) in [6.07, 6.45) is -1.94. The fraction of sp³-hybridized carbons (Fsp3) is 0.750. The lowest BCUT2D eigenvalue weighted by Gasteiger charge is -2.00. The first-order valence-corrected chi connectivity index (χ1v) is 5.42. The molecule has 0 aliphatic heterocycles. The average molecular weight is 237 g/mol. The Balaban J connectivity index is 2.19. The molecule has 0 saturated heterocycles. The molecule has 0 unspecified atom stereocenters. The molecule has 0 fully saturated rings. The number of hydrogen-bond donors (Lipinski definition) is 1. The highest BCUT2D eigenvalue weighted by Crippen LogP contribution is 2.10. The van der Waals surface area contributed by atoms with Crippen LogP contribution in [0.5, 0.6) is 0 Å². The van der Waals surface area contributed by atoms with Crippen LogP contribution in [0.4, 0.5) is 13.9 Å². The Morgan fingerprint density at radius 3 is 3.00 bits per heavy atom. The molecule has 15 heavy (non-hydrogen) atoms. The van der Waals surface area contributed by atoms with Gasteiger partial charge in [-0.1, -0.05) is 0 Å². The maximum Gasteiger partial charge on any atom is 0.261 e. The first kappa shape index (κ1) is 12.3. The second-order valence-electron chi connectivity index (χ2n) is 2.76. The quantitative estimate of drug-likeness (QED) is 0.734. The summed E-state index contributed by atoms with van der Waals surface area (Å²) in [6, 6.07) is 0. The molecule has 1 heterocycles. The number of hydrogen-bond acceptors (Lipinski definition) is 5. The van der Waals surface area contributed by atoms with Gasteiger partial charge in [-0.2, -0.15) is 4.37 Å². The summed E-state index contributed by atoms with van der Waals surface area (Å²) in [6.45, 7) is 2.46. The molecule has 1 rings (SSSR count). The molecule has 86 valence electrons. The van der Waals surface area contributed by atoms with Crippen LogP contribution in [0.15, 0.2) is 0 Å². The maximum atomic E-state index is 11.7. The molecule has 1 aromatic rings. The molecule has 0 spiro atoms. The number of ether oxygens (including phenoxy) is 1. The fourth-order valence-electron chi connectivity index (χ4n) is 0.914. The van der Waals surface area contributed by atoms with Crippen LogP contribution < -0.4 is 5.32 Å². The van der Waals surface area contributed by atoms with E-state index < -0.39 is 13.0 Å². The van der Waals surface area contributed by atoms with E-state index in [-0.39, 0.29) is 6.61 Å². The van der Waals surface area contributed by atoms with E-state index in [1.807, 2.05) is 6.92 Å². The topological polar surface area (TPSA) is 47.0 Å². The van der Waals surface area contributed by atoms with Gasteiger partial charge in [0.2, 0.25) is 5.13 Å². The Morgan fingerprint density at radius 1 is 1.53 bits per heavy atom. The monoisotopic (exact) mass is 237 g/mol. The Bertz CT molecular complexity index is 283. The summed E-state index contributed by atoms with van der Waals surface area (Å²) < 4.78 is 32.2. The van der Waals surface area contributed by atoms with Crippen molar-refractivity contribution in [3.63, 3.8) is 0 Å². The normalized spacial score (nSPS) is 10.9. The van der Waals surface area contributed by atoms with E-state index in [0.29, 0.717) is 12.2 Å². The minimum absolute atomic E-state index is 0.229. The van der Waals surface area contributed by atoms with Gasteiger partial charge in [-0.05, 0) is 6.92 Å². The number of nitrogens with zero attached hydrogens (tertiary/aromatic N) is 2.